The number of amides is 2. The number of anilines is 1. The first-order valence-electron chi connectivity index (χ1n) is 7.57. The first-order valence-corrected chi connectivity index (χ1v) is 7.57. The lowest BCUT2D eigenvalue weighted by molar-refractivity contribution is -0.128. The Labute approximate surface area is 137 Å². The summed E-state index contributed by atoms with van der Waals surface area (Å²) < 4.78 is 10.4. The highest BCUT2D eigenvalue weighted by molar-refractivity contribution is 6.25. The van der Waals surface area contributed by atoms with E-state index >= 15 is 0 Å². The highest BCUT2D eigenvalue weighted by Crippen LogP contribution is 2.52. The number of aliphatic hydroxyl groups excluding tert-OH is 1. The Hall–Kier alpha value is -2.51. The summed E-state index contributed by atoms with van der Waals surface area (Å²) in [5.74, 6) is -2.98. The van der Waals surface area contributed by atoms with Crippen LogP contribution in [0, 0.1) is 11.8 Å². The smallest absolute Gasteiger partial charge is 0.339 e. The largest absolute Gasteiger partial charge is 0.465 e. The van der Waals surface area contributed by atoms with Crippen LogP contribution in [-0.2, 0) is 19.1 Å². The fourth-order valence-corrected chi connectivity index (χ4v) is 3.87. The molecule has 2 saturated heterocycles. The van der Waals surface area contributed by atoms with Crippen molar-refractivity contribution in [2.45, 2.75) is 11.7 Å². The van der Waals surface area contributed by atoms with Gasteiger partial charge in [0.2, 0.25) is 11.8 Å². The van der Waals surface area contributed by atoms with E-state index in [9.17, 15) is 19.5 Å². The fourth-order valence-electron chi connectivity index (χ4n) is 3.87. The van der Waals surface area contributed by atoms with Gasteiger partial charge in [-0.05, 0) is 12.1 Å². The summed E-state index contributed by atoms with van der Waals surface area (Å²) in [6, 6.07) is 6.30. The molecule has 0 aromatic heterocycles. The molecule has 3 aliphatic rings. The lowest BCUT2D eigenvalue weighted by Crippen LogP contribution is -2.43. The van der Waals surface area contributed by atoms with Crippen LogP contribution in [0.3, 0.4) is 0 Å². The number of hydrogen-bond donors (Lipinski definition) is 1. The van der Waals surface area contributed by atoms with Crippen LogP contribution in [0.2, 0.25) is 0 Å². The molecular formula is C17H15NO6. The summed E-state index contributed by atoms with van der Waals surface area (Å²) in [7, 11) is 1.24. The van der Waals surface area contributed by atoms with Crippen LogP contribution < -0.4 is 4.90 Å². The SMILES string of the molecule is COC(=O)c1ccccc1N1C(=O)[C@@H]2[C@@H]3C=C[C@@](CO)(O3)[C@@H]2C1=O. The molecule has 4 atom stereocenters. The van der Waals surface area contributed by atoms with Gasteiger partial charge in [-0.2, -0.15) is 0 Å². The van der Waals surface area contributed by atoms with Gasteiger partial charge in [0, 0.05) is 0 Å². The van der Waals surface area contributed by atoms with E-state index < -0.39 is 41.3 Å². The molecule has 2 amide bonds. The van der Waals surface area contributed by atoms with Gasteiger partial charge in [0.1, 0.15) is 5.60 Å². The van der Waals surface area contributed by atoms with E-state index in [4.69, 9.17) is 9.47 Å². The zero-order chi connectivity index (χ0) is 17.1. The molecule has 0 radical (unpaired) electrons. The van der Waals surface area contributed by atoms with Crippen LogP contribution in [0.25, 0.3) is 0 Å². The van der Waals surface area contributed by atoms with Crippen LogP contribution in [0.5, 0.6) is 0 Å². The number of methoxy groups -OCH3 is 1. The number of esters is 1. The second-order valence-electron chi connectivity index (χ2n) is 6.08. The summed E-state index contributed by atoms with van der Waals surface area (Å²) in [4.78, 5) is 38.8. The van der Waals surface area contributed by atoms with Gasteiger partial charge in [-0.25, -0.2) is 9.69 Å². The van der Waals surface area contributed by atoms with Crippen molar-refractivity contribution < 1.29 is 29.0 Å². The summed E-state index contributed by atoms with van der Waals surface area (Å²) in [5, 5.41) is 9.70. The Morgan fingerprint density at radius 3 is 2.79 bits per heavy atom. The molecule has 3 aliphatic heterocycles. The minimum absolute atomic E-state index is 0.140. The average molecular weight is 329 g/mol. The second-order valence-corrected chi connectivity index (χ2v) is 6.08. The molecule has 0 saturated carbocycles. The molecule has 1 aromatic carbocycles. The van der Waals surface area contributed by atoms with Gasteiger partial charge in [-0.1, -0.05) is 24.3 Å². The van der Waals surface area contributed by atoms with Crippen LogP contribution in [-0.4, -0.2) is 48.3 Å². The maximum Gasteiger partial charge on any atom is 0.339 e. The molecule has 124 valence electrons. The molecule has 1 aromatic rings. The van der Waals surface area contributed by atoms with Crippen molar-refractivity contribution in [2.24, 2.45) is 11.8 Å². The first kappa shape index (κ1) is 15.0. The Bertz CT molecular complexity index is 787. The Kier molecular flexibility index (Phi) is 3.13. The monoisotopic (exact) mass is 329 g/mol. The molecule has 24 heavy (non-hydrogen) atoms. The molecule has 4 rings (SSSR count). The molecule has 0 aliphatic carbocycles. The zero-order valence-corrected chi connectivity index (χ0v) is 12.8. The predicted molar refractivity (Wildman–Crippen MR) is 81.1 cm³/mol. The lowest BCUT2D eigenvalue weighted by Gasteiger charge is -2.26. The number of benzene rings is 1. The van der Waals surface area contributed by atoms with E-state index in [1.807, 2.05) is 0 Å². The molecule has 3 heterocycles. The summed E-state index contributed by atoms with van der Waals surface area (Å²) >= 11 is 0. The highest BCUT2D eigenvalue weighted by atomic mass is 16.5. The maximum atomic E-state index is 12.9. The van der Waals surface area contributed by atoms with Gasteiger partial charge >= 0.3 is 5.97 Å². The van der Waals surface area contributed by atoms with Crippen molar-refractivity contribution >= 4 is 23.5 Å². The van der Waals surface area contributed by atoms with Crippen LogP contribution >= 0.6 is 0 Å². The minimum Gasteiger partial charge on any atom is -0.465 e. The third-order valence-electron chi connectivity index (χ3n) is 4.95. The van der Waals surface area contributed by atoms with Crippen molar-refractivity contribution in [3.63, 3.8) is 0 Å². The van der Waals surface area contributed by atoms with Crippen LogP contribution in [0.1, 0.15) is 10.4 Å². The highest BCUT2D eigenvalue weighted by Gasteiger charge is 2.67. The molecule has 0 spiro atoms. The predicted octanol–water partition coefficient (Wildman–Crippen LogP) is 0.278. The van der Waals surface area contributed by atoms with E-state index in [2.05, 4.69) is 0 Å². The number of imide groups is 1. The number of ether oxygens (including phenoxy) is 2. The van der Waals surface area contributed by atoms with Crippen molar-refractivity contribution in [3.05, 3.63) is 42.0 Å². The van der Waals surface area contributed by atoms with E-state index in [1.54, 1.807) is 24.3 Å². The number of fused-ring (bicyclic) bond motifs is 5. The van der Waals surface area contributed by atoms with Crippen molar-refractivity contribution in [2.75, 3.05) is 18.6 Å². The van der Waals surface area contributed by atoms with Crippen LogP contribution in [0.4, 0.5) is 5.69 Å². The van der Waals surface area contributed by atoms with Gasteiger partial charge in [-0.3, -0.25) is 9.59 Å². The van der Waals surface area contributed by atoms with E-state index in [1.165, 1.54) is 19.2 Å². The number of carbonyl (C=O) groups is 3. The third-order valence-corrected chi connectivity index (χ3v) is 4.95. The van der Waals surface area contributed by atoms with E-state index in [0.29, 0.717) is 0 Å². The van der Waals surface area contributed by atoms with Gasteiger partial charge in [0.05, 0.1) is 42.9 Å². The number of rotatable bonds is 3. The van der Waals surface area contributed by atoms with Gasteiger partial charge < -0.3 is 14.6 Å². The number of nitrogens with zero attached hydrogens (tertiary/aromatic N) is 1. The summed E-state index contributed by atoms with van der Waals surface area (Å²) in [5.41, 5.74) is -0.820. The number of para-hydroxylation sites is 1. The first-order chi connectivity index (χ1) is 11.5. The van der Waals surface area contributed by atoms with Gasteiger partial charge in [0.25, 0.3) is 0 Å². The topological polar surface area (TPSA) is 93.1 Å². The quantitative estimate of drug-likeness (QED) is 0.486. The number of carbonyl (C=O) groups excluding carboxylic acids is 3. The fraction of sp³-hybridized carbons (Fsp3) is 0.353. The second kappa shape index (κ2) is 4.99. The van der Waals surface area contributed by atoms with Crippen LogP contribution in [0.15, 0.2) is 36.4 Å². The van der Waals surface area contributed by atoms with Gasteiger partial charge in [-0.15, -0.1) is 0 Å². The van der Waals surface area contributed by atoms with Crippen molar-refractivity contribution in [1.82, 2.24) is 0 Å². The number of hydrogen-bond acceptors (Lipinski definition) is 6. The Morgan fingerprint density at radius 1 is 1.33 bits per heavy atom. The normalized spacial score (nSPS) is 33.2. The Morgan fingerprint density at radius 2 is 2.08 bits per heavy atom. The average Bonchev–Trinajstić information content (AvgIpc) is 3.25. The molecule has 1 N–H and O–H groups in total. The molecule has 7 nitrogen and oxygen atoms in total. The minimum atomic E-state index is -1.16. The number of aliphatic hydroxyl groups is 1. The molecule has 7 heteroatoms. The summed E-state index contributed by atoms with van der Waals surface area (Å²) in [6.45, 7) is -0.382. The third kappa shape index (κ3) is 1.71. The molecule has 2 fully saturated rings. The Balaban J connectivity index is 1.80. The van der Waals surface area contributed by atoms with Crippen molar-refractivity contribution in [3.8, 4) is 0 Å². The maximum absolute atomic E-state index is 12.9. The lowest BCUT2D eigenvalue weighted by atomic mass is 9.77. The van der Waals surface area contributed by atoms with E-state index in [-0.39, 0.29) is 17.9 Å². The van der Waals surface area contributed by atoms with Crippen molar-refractivity contribution in [1.29, 1.82) is 0 Å². The molecular weight excluding hydrogens is 314 g/mol. The van der Waals surface area contributed by atoms with E-state index in [0.717, 1.165) is 4.90 Å². The molecule has 2 bridgehead atoms. The zero-order valence-electron chi connectivity index (χ0n) is 12.8. The standard InChI is InChI=1S/C17H15NO6/c1-23-16(22)9-4-2-3-5-10(9)18-14(20)12-11-6-7-17(8-19,24-11)13(12)15(18)21/h2-7,11-13,19H,8H2,1H3/t11-,12+,13-,17-/m0/s1. The molecule has 0 unspecified atom stereocenters. The summed E-state index contributed by atoms with van der Waals surface area (Å²) in [6.07, 6.45) is 2.83. The van der Waals surface area contributed by atoms with Gasteiger partial charge in [0.15, 0.2) is 0 Å².